The van der Waals surface area contributed by atoms with Crippen LogP contribution in [0.5, 0.6) is 0 Å². The second kappa shape index (κ2) is 13.5. The van der Waals surface area contributed by atoms with Crippen molar-refractivity contribution < 1.29 is 23.9 Å². The van der Waals surface area contributed by atoms with Gasteiger partial charge in [0, 0.05) is 6.54 Å². The highest BCUT2D eigenvalue weighted by Gasteiger charge is 2.68. The summed E-state index contributed by atoms with van der Waals surface area (Å²) in [6.07, 6.45) is 6.67. The van der Waals surface area contributed by atoms with E-state index in [4.69, 9.17) is 15.0 Å². The number of hydrogen-bond donors (Lipinski definition) is 4. The fraction of sp³-hybridized carbons (Fsp3) is 0.727. The molecule has 4 saturated carbocycles. The Morgan fingerprint density at radius 1 is 1.13 bits per heavy atom. The average Bonchev–Trinajstić information content (AvgIpc) is 3.63. The highest BCUT2D eigenvalue weighted by atomic mass is 16.7. The van der Waals surface area contributed by atoms with Gasteiger partial charge < -0.3 is 25.7 Å². The Morgan fingerprint density at radius 2 is 1.83 bits per heavy atom. The number of nitro groups is 1. The van der Waals surface area contributed by atoms with E-state index in [9.17, 15) is 19.7 Å². The molecule has 1 aliphatic heterocycles. The van der Waals surface area contributed by atoms with Crippen molar-refractivity contribution in [2.24, 2.45) is 33.9 Å². The van der Waals surface area contributed by atoms with Crippen LogP contribution < -0.4 is 21.8 Å². The quantitative estimate of drug-likeness (QED) is 0.0634. The Hall–Kier alpha value is -3.19. The maximum atomic E-state index is 14.1. The lowest BCUT2D eigenvalue weighted by molar-refractivity contribution is -0.525. The minimum absolute atomic E-state index is 0.0134. The maximum Gasteiger partial charge on any atom is 0.481 e. The first-order valence-corrected chi connectivity index (χ1v) is 17.0. The van der Waals surface area contributed by atoms with Gasteiger partial charge in [0.25, 0.3) is 5.96 Å². The number of nitrogens with zero attached hydrogens (tertiary/aromatic N) is 2. The lowest BCUT2D eigenvalue weighted by Gasteiger charge is -2.64. The number of aliphatic imine (C=N–C) groups is 1. The van der Waals surface area contributed by atoms with E-state index in [1.165, 1.54) is 0 Å². The van der Waals surface area contributed by atoms with Gasteiger partial charge in [-0.05, 0) is 80.6 Å². The molecule has 252 valence electrons. The zero-order chi connectivity index (χ0) is 33.3. The standard InChI is InChI=1S/C33H51BN6O6/c1-21(2)18-27(34-45-26-20-23-19-25(31(23,3)4)32(26,5)46-34)38-28(41)24(14-11-17-36-30(35)39-40(43)44)37-29(42)33(15-9-10-16-33)22-12-7-6-8-13-22/h6-8,12-13,21,23-27H,9-11,14-20H2,1-5H3,(H,37,42)(H,38,41)(H3,35,36,39)/t23-,24+,25-,26-,27+,32+/m1/s1. The van der Waals surface area contributed by atoms with E-state index >= 15 is 0 Å². The molecule has 0 aromatic heterocycles. The summed E-state index contributed by atoms with van der Waals surface area (Å²) in [5, 5.41) is 16.3. The molecule has 0 radical (unpaired) electrons. The lowest BCUT2D eigenvalue weighted by Crippen LogP contribution is -2.65. The van der Waals surface area contributed by atoms with Crippen LogP contribution in [0.3, 0.4) is 0 Å². The molecule has 46 heavy (non-hydrogen) atoms. The Morgan fingerprint density at radius 3 is 2.46 bits per heavy atom. The third-order valence-corrected chi connectivity index (χ3v) is 11.3. The first-order valence-electron chi connectivity index (χ1n) is 17.0. The summed E-state index contributed by atoms with van der Waals surface area (Å²) in [6.45, 7) is 11.2. The molecular formula is C33H51BN6O6. The molecule has 12 nitrogen and oxygen atoms in total. The number of amides is 2. The summed E-state index contributed by atoms with van der Waals surface area (Å²) < 4.78 is 13.3. The number of guanidine groups is 1. The second-order valence-corrected chi connectivity index (χ2v) is 15.0. The maximum absolute atomic E-state index is 14.1. The molecule has 1 aromatic carbocycles. The molecule has 1 heterocycles. The van der Waals surface area contributed by atoms with Crippen molar-refractivity contribution in [3.05, 3.63) is 46.0 Å². The van der Waals surface area contributed by atoms with Crippen molar-refractivity contribution in [1.29, 1.82) is 0 Å². The number of carbonyl (C=O) groups excluding carboxylic acids is 2. The SMILES string of the molecule is CC(C)C[C@H](NC(=O)[C@H](CCCN=C(N)N[N+](=O)[O-])NC(=O)C1(c2ccccc2)CCCC1)B1O[C@@H]2C[C@H]3C[C@H](C3(C)C)[C@]2(C)O1. The number of nitrogens with one attached hydrogen (secondary N) is 3. The van der Waals surface area contributed by atoms with Gasteiger partial charge in [0.05, 0.1) is 23.1 Å². The third kappa shape index (κ3) is 6.76. The predicted octanol–water partition coefficient (Wildman–Crippen LogP) is 3.66. The van der Waals surface area contributed by atoms with Crippen molar-refractivity contribution in [1.82, 2.24) is 16.1 Å². The van der Waals surface area contributed by atoms with Crippen LogP contribution in [0.2, 0.25) is 0 Å². The fourth-order valence-electron chi connectivity index (χ4n) is 8.67. The third-order valence-electron chi connectivity index (χ3n) is 11.3. The van der Waals surface area contributed by atoms with Crippen LogP contribution in [0, 0.1) is 33.3 Å². The Labute approximate surface area is 272 Å². The van der Waals surface area contributed by atoms with Crippen molar-refractivity contribution in [3.8, 4) is 0 Å². The van der Waals surface area contributed by atoms with E-state index in [0.29, 0.717) is 37.5 Å². The molecule has 6 rings (SSSR count). The molecule has 2 bridgehead atoms. The summed E-state index contributed by atoms with van der Waals surface area (Å²) in [6, 6.07) is 8.93. The minimum Gasteiger partial charge on any atom is -0.404 e. The van der Waals surface area contributed by atoms with Crippen LogP contribution in [0.25, 0.3) is 0 Å². The predicted molar refractivity (Wildman–Crippen MR) is 176 cm³/mol. The smallest absolute Gasteiger partial charge is 0.404 e. The molecule has 5 fully saturated rings. The van der Waals surface area contributed by atoms with Gasteiger partial charge in [-0.2, -0.15) is 0 Å². The van der Waals surface area contributed by atoms with Gasteiger partial charge in [0.15, 0.2) is 5.03 Å². The molecule has 5 aliphatic rings. The molecule has 1 aromatic rings. The summed E-state index contributed by atoms with van der Waals surface area (Å²) in [4.78, 5) is 42.9. The first-order chi connectivity index (χ1) is 21.8. The van der Waals surface area contributed by atoms with Crippen molar-refractivity contribution in [2.45, 2.75) is 122 Å². The molecule has 0 unspecified atom stereocenters. The van der Waals surface area contributed by atoms with Gasteiger partial charge in [-0.3, -0.25) is 9.59 Å². The minimum atomic E-state index is -0.853. The van der Waals surface area contributed by atoms with E-state index in [1.54, 1.807) is 0 Å². The summed E-state index contributed by atoms with van der Waals surface area (Å²) >= 11 is 0. The molecule has 2 amide bonds. The molecular weight excluding hydrogens is 587 g/mol. The number of hydrazine groups is 1. The molecule has 4 aliphatic carbocycles. The molecule has 13 heteroatoms. The van der Waals surface area contributed by atoms with Crippen LogP contribution in [-0.2, 0) is 24.3 Å². The molecule has 5 N–H and O–H groups in total. The fourth-order valence-corrected chi connectivity index (χ4v) is 8.67. The second-order valence-electron chi connectivity index (χ2n) is 15.0. The summed E-state index contributed by atoms with van der Waals surface area (Å²) in [5.74, 6) is 0.0863. The number of nitrogens with two attached hydrogens (primary N) is 1. The van der Waals surface area contributed by atoms with Crippen molar-refractivity contribution in [2.75, 3.05) is 6.54 Å². The highest BCUT2D eigenvalue weighted by Crippen LogP contribution is 2.65. The number of carbonyl (C=O) groups is 2. The monoisotopic (exact) mass is 638 g/mol. The van der Waals surface area contributed by atoms with Crippen LogP contribution >= 0.6 is 0 Å². The van der Waals surface area contributed by atoms with Crippen LogP contribution in [0.1, 0.15) is 98.0 Å². The Balaban J connectivity index is 1.33. The highest BCUT2D eigenvalue weighted by molar-refractivity contribution is 6.48. The van der Waals surface area contributed by atoms with E-state index in [0.717, 1.165) is 31.2 Å². The number of benzene rings is 1. The first kappa shape index (κ1) is 34.2. The van der Waals surface area contributed by atoms with Crippen LogP contribution in [0.4, 0.5) is 0 Å². The topological polar surface area (TPSA) is 170 Å². The molecule has 0 spiro atoms. The van der Waals surface area contributed by atoms with Crippen molar-refractivity contribution >= 4 is 24.9 Å². The molecule has 1 saturated heterocycles. The van der Waals surface area contributed by atoms with Crippen molar-refractivity contribution in [3.63, 3.8) is 0 Å². The zero-order valence-corrected chi connectivity index (χ0v) is 27.9. The van der Waals surface area contributed by atoms with Gasteiger partial charge in [0.1, 0.15) is 6.04 Å². The van der Waals surface area contributed by atoms with Crippen LogP contribution in [0.15, 0.2) is 35.3 Å². The lowest BCUT2D eigenvalue weighted by atomic mass is 9.43. The summed E-state index contributed by atoms with van der Waals surface area (Å²) in [5.41, 5.74) is 7.46. The van der Waals surface area contributed by atoms with Gasteiger partial charge in [-0.25, -0.2) is 15.1 Å². The van der Waals surface area contributed by atoms with Gasteiger partial charge >= 0.3 is 7.12 Å². The normalized spacial score (nSPS) is 29.0. The largest absolute Gasteiger partial charge is 0.481 e. The average molecular weight is 639 g/mol. The Kier molecular flexibility index (Phi) is 10.0. The number of rotatable bonds is 13. The van der Waals surface area contributed by atoms with E-state index < -0.39 is 35.1 Å². The van der Waals surface area contributed by atoms with Crippen LogP contribution in [-0.4, -0.2) is 60.2 Å². The molecule has 6 atom stereocenters. The number of hydrogen-bond acceptors (Lipinski definition) is 7. The zero-order valence-electron chi connectivity index (χ0n) is 27.9. The van der Waals surface area contributed by atoms with Gasteiger partial charge in [-0.15, -0.1) is 0 Å². The van der Waals surface area contributed by atoms with E-state index in [2.05, 4.69) is 50.2 Å². The van der Waals surface area contributed by atoms with Gasteiger partial charge in [-0.1, -0.05) is 76.3 Å². The Bertz CT molecular complexity index is 1300. The van der Waals surface area contributed by atoms with E-state index in [1.807, 2.05) is 35.8 Å². The summed E-state index contributed by atoms with van der Waals surface area (Å²) in [7, 11) is -0.587. The van der Waals surface area contributed by atoms with E-state index in [-0.39, 0.29) is 48.2 Å². The van der Waals surface area contributed by atoms with Gasteiger partial charge in [0.2, 0.25) is 11.8 Å².